The van der Waals surface area contributed by atoms with Crippen LogP contribution in [-0.2, 0) is 21.4 Å². The summed E-state index contributed by atoms with van der Waals surface area (Å²) < 4.78 is 30.2. The molecule has 0 fully saturated rings. The topological polar surface area (TPSA) is 108 Å². The molecule has 1 aromatic heterocycles. The first-order chi connectivity index (χ1) is 12.1. The lowest BCUT2D eigenvalue weighted by atomic mass is 10.1. The van der Waals surface area contributed by atoms with Gasteiger partial charge in [0.15, 0.2) is 0 Å². The van der Waals surface area contributed by atoms with Gasteiger partial charge in [0.1, 0.15) is 12.3 Å². The van der Waals surface area contributed by atoms with E-state index in [1.165, 1.54) is 21.0 Å². The summed E-state index contributed by atoms with van der Waals surface area (Å²) in [5.41, 5.74) is 0.716. The third kappa shape index (κ3) is 4.12. The van der Waals surface area contributed by atoms with E-state index in [0.717, 1.165) is 27.1 Å². The van der Waals surface area contributed by atoms with E-state index in [0.29, 0.717) is 0 Å². The second-order valence-electron chi connectivity index (χ2n) is 5.87. The maximum atomic E-state index is 12.8. The molecule has 1 heterocycles. The van der Waals surface area contributed by atoms with Crippen molar-refractivity contribution in [2.75, 3.05) is 14.1 Å². The Kier molecular flexibility index (Phi) is 5.83. The normalized spacial score (nSPS) is 12.8. The number of hydrogen-bond acceptors (Lipinski definition) is 5. The first-order valence-corrected chi connectivity index (χ1v) is 9.17. The molecule has 0 bridgehead atoms. The van der Waals surface area contributed by atoms with Crippen molar-refractivity contribution in [3.8, 4) is 0 Å². The van der Waals surface area contributed by atoms with Crippen molar-refractivity contribution in [1.29, 1.82) is 0 Å². The van der Waals surface area contributed by atoms with E-state index >= 15 is 0 Å². The Labute approximate surface area is 151 Å². The zero-order valence-electron chi connectivity index (χ0n) is 14.6. The van der Waals surface area contributed by atoms with Crippen LogP contribution in [0.1, 0.15) is 22.8 Å². The molecule has 0 saturated carbocycles. The van der Waals surface area contributed by atoms with E-state index in [-0.39, 0.29) is 17.2 Å². The minimum atomic E-state index is -3.83. The van der Waals surface area contributed by atoms with Crippen molar-refractivity contribution in [2.24, 2.45) is 0 Å². The molecule has 0 spiro atoms. The van der Waals surface area contributed by atoms with Crippen molar-refractivity contribution in [3.05, 3.63) is 53.8 Å². The quantitative estimate of drug-likeness (QED) is 0.782. The van der Waals surface area contributed by atoms with Crippen LogP contribution in [0.3, 0.4) is 0 Å². The number of benzene rings is 1. The van der Waals surface area contributed by atoms with Crippen LogP contribution in [0.5, 0.6) is 0 Å². The molecule has 140 valence electrons. The van der Waals surface area contributed by atoms with Crippen molar-refractivity contribution < 1.29 is 27.5 Å². The fraction of sp³-hybridized carbons (Fsp3) is 0.294. The van der Waals surface area contributed by atoms with Gasteiger partial charge in [0.25, 0.3) is 15.9 Å². The number of sulfonamides is 1. The first-order valence-electron chi connectivity index (χ1n) is 7.73. The first kappa shape index (κ1) is 19.7. The Balaban J connectivity index is 2.35. The molecule has 0 saturated heterocycles. The second-order valence-corrected chi connectivity index (χ2v) is 7.96. The number of carboxylic acids is 1. The fourth-order valence-electron chi connectivity index (χ4n) is 2.21. The molecule has 9 heteroatoms. The standard InChI is InChI=1S/C17H20N2O6S/c1-12(17(21)22)19(10-13-7-5-4-6-8-13)16(20)14-9-15(25-11-14)26(23,24)18(2)3/h4-9,11-12H,10H2,1-3H3,(H,21,22). The largest absolute Gasteiger partial charge is 0.480 e. The van der Waals surface area contributed by atoms with Crippen LogP contribution in [0.25, 0.3) is 0 Å². The Morgan fingerprint density at radius 1 is 1.19 bits per heavy atom. The van der Waals surface area contributed by atoms with Crippen LogP contribution in [0, 0.1) is 0 Å². The van der Waals surface area contributed by atoms with Crippen LogP contribution in [0.15, 0.2) is 52.2 Å². The third-order valence-corrected chi connectivity index (χ3v) is 5.52. The number of carboxylic acid groups (broad SMARTS) is 1. The van der Waals surface area contributed by atoms with Crippen LogP contribution in [0.4, 0.5) is 0 Å². The highest BCUT2D eigenvalue weighted by Crippen LogP contribution is 2.20. The molecule has 1 amide bonds. The maximum Gasteiger partial charge on any atom is 0.326 e. The predicted octanol–water partition coefficient (Wildman–Crippen LogP) is 1.65. The summed E-state index contributed by atoms with van der Waals surface area (Å²) in [5, 5.41) is 8.93. The molecule has 8 nitrogen and oxygen atoms in total. The van der Waals surface area contributed by atoms with E-state index in [9.17, 15) is 23.1 Å². The SMILES string of the molecule is CC(C(=O)O)N(Cc1ccccc1)C(=O)c1coc(S(=O)(=O)N(C)C)c1. The van der Waals surface area contributed by atoms with Gasteiger partial charge in [-0.15, -0.1) is 0 Å². The minimum absolute atomic E-state index is 0.0329. The molecule has 1 aromatic carbocycles. The average Bonchev–Trinajstić information content (AvgIpc) is 3.10. The highest BCUT2D eigenvalue weighted by Gasteiger charge is 2.30. The summed E-state index contributed by atoms with van der Waals surface area (Å²) in [7, 11) is -1.15. The summed E-state index contributed by atoms with van der Waals surface area (Å²) >= 11 is 0. The third-order valence-electron chi connectivity index (χ3n) is 3.84. The second kappa shape index (κ2) is 7.71. The fourth-order valence-corrected chi connectivity index (χ4v) is 3.01. The zero-order valence-corrected chi connectivity index (χ0v) is 15.4. The molecule has 0 radical (unpaired) electrons. The lowest BCUT2D eigenvalue weighted by Crippen LogP contribution is -2.42. The molecular weight excluding hydrogens is 360 g/mol. The van der Waals surface area contributed by atoms with E-state index in [2.05, 4.69) is 0 Å². The number of hydrogen-bond donors (Lipinski definition) is 1. The molecule has 0 aliphatic carbocycles. The van der Waals surface area contributed by atoms with Crippen LogP contribution in [-0.4, -0.2) is 54.7 Å². The number of rotatable bonds is 7. The van der Waals surface area contributed by atoms with Crippen molar-refractivity contribution in [1.82, 2.24) is 9.21 Å². The lowest BCUT2D eigenvalue weighted by molar-refractivity contribution is -0.141. The molecule has 1 atom stereocenters. The number of carbonyl (C=O) groups excluding carboxylic acids is 1. The molecular formula is C17H20N2O6S. The average molecular weight is 380 g/mol. The molecule has 2 aromatic rings. The number of furan rings is 1. The van der Waals surface area contributed by atoms with Crippen LogP contribution < -0.4 is 0 Å². The summed E-state index contributed by atoms with van der Waals surface area (Å²) in [6, 6.07) is 8.91. The monoisotopic (exact) mass is 380 g/mol. The van der Waals surface area contributed by atoms with Gasteiger partial charge in [0, 0.05) is 26.7 Å². The van der Waals surface area contributed by atoms with Gasteiger partial charge in [-0.2, -0.15) is 0 Å². The Bertz CT molecular complexity index is 889. The Morgan fingerprint density at radius 2 is 1.81 bits per heavy atom. The van der Waals surface area contributed by atoms with Gasteiger partial charge >= 0.3 is 5.97 Å². The molecule has 1 unspecified atom stereocenters. The van der Waals surface area contributed by atoms with Gasteiger partial charge < -0.3 is 14.4 Å². The lowest BCUT2D eigenvalue weighted by Gasteiger charge is -2.26. The summed E-state index contributed by atoms with van der Waals surface area (Å²) in [6.45, 7) is 1.45. The van der Waals surface area contributed by atoms with E-state index in [4.69, 9.17) is 4.42 Å². The van der Waals surface area contributed by atoms with Gasteiger partial charge in [0.2, 0.25) is 5.09 Å². The summed E-state index contributed by atoms with van der Waals surface area (Å²) in [6.07, 6.45) is 1.02. The van der Waals surface area contributed by atoms with E-state index in [1.807, 2.05) is 6.07 Å². The molecule has 0 aliphatic heterocycles. The summed E-state index contributed by atoms with van der Waals surface area (Å²) in [4.78, 5) is 25.3. The smallest absolute Gasteiger partial charge is 0.326 e. The van der Waals surface area contributed by atoms with E-state index in [1.54, 1.807) is 24.3 Å². The number of aliphatic carboxylic acids is 1. The molecule has 1 N–H and O–H groups in total. The zero-order chi connectivity index (χ0) is 19.5. The van der Waals surface area contributed by atoms with Crippen LogP contribution in [0.2, 0.25) is 0 Å². The molecule has 2 rings (SSSR count). The van der Waals surface area contributed by atoms with Gasteiger partial charge in [-0.25, -0.2) is 17.5 Å². The summed E-state index contributed by atoms with van der Waals surface area (Å²) in [5.74, 6) is -1.80. The van der Waals surface area contributed by atoms with Crippen LogP contribution >= 0.6 is 0 Å². The minimum Gasteiger partial charge on any atom is -0.480 e. The van der Waals surface area contributed by atoms with Gasteiger partial charge in [0.05, 0.1) is 5.56 Å². The van der Waals surface area contributed by atoms with Gasteiger partial charge in [-0.3, -0.25) is 4.79 Å². The Hall–Kier alpha value is -2.65. The van der Waals surface area contributed by atoms with E-state index < -0.39 is 27.9 Å². The van der Waals surface area contributed by atoms with Crippen molar-refractivity contribution in [3.63, 3.8) is 0 Å². The van der Waals surface area contributed by atoms with Crippen molar-refractivity contribution >= 4 is 21.9 Å². The number of carbonyl (C=O) groups is 2. The molecule has 0 aliphatic rings. The Morgan fingerprint density at radius 3 is 2.35 bits per heavy atom. The predicted molar refractivity (Wildman–Crippen MR) is 93.0 cm³/mol. The van der Waals surface area contributed by atoms with Gasteiger partial charge in [-0.05, 0) is 12.5 Å². The number of nitrogens with zero attached hydrogens (tertiary/aromatic N) is 2. The molecule has 26 heavy (non-hydrogen) atoms. The maximum absolute atomic E-state index is 12.8. The highest BCUT2D eigenvalue weighted by molar-refractivity contribution is 7.88. The highest BCUT2D eigenvalue weighted by atomic mass is 32.2. The van der Waals surface area contributed by atoms with Crippen molar-refractivity contribution in [2.45, 2.75) is 24.6 Å². The van der Waals surface area contributed by atoms with Gasteiger partial charge in [-0.1, -0.05) is 30.3 Å². The number of amides is 1.